The molecule has 0 spiro atoms. The first-order valence-corrected chi connectivity index (χ1v) is 11.4. The second kappa shape index (κ2) is 9.36. The summed E-state index contributed by atoms with van der Waals surface area (Å²) in [4.78, 5) is 29.3. The summed E-state index contributed by atoms with van der Waals surface area (Å²) in [5, 5.41) is 19.8. The maximum atomic E-state index is 13.3. The SMILES string of the molecule is N#Cc1ccccc1CSc1nc2ccccc2c(=O)n1CC1CCC(C(=O)O)CC1. The molecule has 0 saturated heterocycles. The Bertz CT molecular complexity index is 1210. The number of aromatic nitrogens is 2. The van der Waals surface area contributed by atoms with E-state index in [2.05, 4.69) is 6.07 Å². The number of para-hydroxylation sites is 1. The Morgan fingerprint density at radius 1 is 1.13 bits per heavy atom. The first-order chi connectivity index (χ1) is 15.1. The van der Waals surface area contributed by atoms with Crippen molar-refractivity contribution in [1.82, 2.24) is 9.55 Å². The summed E-state index contributed by atoms with van der Waals surface area (Å²) in [6.07, 6.45) is 2.87. The highest BCUT2D eigenvalue weighted by molar-refractivity contribution is 7.98. The Morgan fingerprint density at radius 3 is 2.58 bits per heavy atom. The fourth-order valence-corrected chi connectivity index (χ4v) is 5.18. The van der Waals surface area contributed by atoms with E-state index in [1.807, 2.05) is 36.4 Å². The van der Waals surface area contributed by atoms with Gasteiger partial charge in [0.25, 0.3) is 5.56 Å². The van der Waals surface area contributed by atoms with Gasteiger partial charge in [-0.1, -0.05) is 42.1 Å². The first kappa shape index (κ1) is 21.1. The van der Waals surface area contributed by atoms with Crippen molar-refractivity contribution in [3.05, 3.63) is 70.0 Å². The van der Waals surface area contributed by atoms with Gasteiger partial charge in [-0.2, -0.15) is 5.26 Å². The van der Waals surface area contributed by atoms with Crippen molar-refractivity contribution in [2.45, 2.75) is 43.1 Å². The fourth-order valence-electron chi connectivity index (χ4n) is 4.17. The average molecular weight is 434 g/mol. The van der Waals surface area contributed by atoms with Crippen LogP contribution in [0.25, 0.3) is 10.9 Å². The lowest BCUT2D eigenvalue weighted by Gasteiger charge is -2.27. The number of hydrogen-bond acceptors (Lipinski definition) is 5. The number of carboxylic acid groups (broad SMARTS) is 1. The van der Waals surface area contributed by atoms with Crippen LogP contribution in [0.3, 0.4) is 0 Å². The van der Waals surface area contributed by atoms with Crippen LogP contribution in [0.2, 0.25) is 0 Å². The number of benzene rings is 2. The quantitative estimate of drug-likeness (QED) is 0.456. The predicted octanol–water partition coefficient (Wildman–Crippen LogP) is 4.45. The number of rotatable bonds is 6. The molecule has 1 aromatic heterocycles. The van der Waals surface area contributed by atoms with E-state index in [0.717, 1.165) is 18.4 Å². The van der Waals surface area contributed by atoms with Crippen molar-refractivity contribution in [3.63, 3.8) is 0 Å². The van der Waals surface area contributed by atoms with Crippen LogP contribution in [0.1, 0.15) is 36.8 Å². The standard InChI is InChI=1S/C24H23N3O3S/c25-13-18-5-1-2-6-19(18)15-31-24-26-21-8-4-3-7-20(21)22(28)27(24)14-16-9-11-17(12-10-16)23(29)30/h1-8,16-17H,9-12,14-15H2,(H,29,30). The highest BCUT2D eigenvalue weighted by atomic mass is 32.2. The van der Waals surface area contributed by atoms with Gasteiger partial charge >= 0.3 is 5.97 Å². The highest BCUT2D eigenvalue weighted by Crippen LogP contribution is 2.31. The van der Waals surface area contributed by atoms with Crippen molar-refractivity contribution in [3.8, 4) is 6.07 Å². The minimum Gasteiger partial charge on any atom is -0.481 e. The Hall–Kier alpha value is -3.11. The molecule has 1 aliphatic carbocycles. The van der Waals surface area contributed by atoms with Gasteiger partial charge in [-0.15, -0.1) is 0 Å². The summed E-state index contributed by atoms with van der Waals surface area (Å²) in [5.74, 6) is -0.211. The van der Waals surface area contributed by atoms with Crippen molar-refractivity contribution >= 4 is 28.6 Å². The van der Waals surface area contributed by atoms with Gasteiger partial charge in [0.1, 0.15) is 0 Å². The summed E-state index contributed by atoms with van der Waals surface area (Å²) in [6, 6.07) is 17.0. The molecule has 3 aromatic rings. The van der Waals surface area contributed by atoms with Crippen LogP contribution in [-0.2, 0) is 17.1 Å². The van der Waals surface area contributed by atoms with E-state index in [0.29, 0.717) is 46.8 Å². The van der Waals surface area contributed by atoms with Gasteiger partial charge in [-0.3, -0.25) is 14.2 Å². The zero-order chi connectivity index (χ0) is 21.8. The zero-order valence-electron chi connectivity index (χ0n) is 17.0. The van der Waals surface area contributed by atoms with Gasteiger partial charge < -0.3 is 5.11 Å². The molecule has 2 aromatic carbocycles. The number of aliphatic carboxylic acids is 1. The number of nitrogens with zero attached hydrogens (tertiary/aromatic N) is 3. The summed E-state index contributed by atoms with van der Waals surface area (Å²) in [7, 11) is 0. The average Bonchev–Trinajstić information content (AvgIpc) is 2.80. The van der Waals surface area contributed by atoms with Gasteiger partial charge in [0, 0.05) is 12.3 Å². The van der Waals surface area contributed by atoms with E-state index in [4.69, 9.17) is 4.98 Å². The number of fused-ring (bicyclic) bond motifs is 1. The van der Waals surface area contributed by atoms with E-state index in [1.165, 1.54) is 11.8 Å². The lowest BCUT2D eigenvalue weighted by atomic mass is 9.82. The number of carboxylic acids is 1. The van der Waals surface area contributed by atoms with Gasteiger partial charge in [-0.05, 0) is 55.4 Å². The summed E-state index contributed by atoms with van der Waals surface area (Å²) < 4.78 is 1.74. The van der Waals surface area contributed by atoms with E-state index in [9.17, 15) is 20.0 Å². The van der Waals surface area contributed by atoms with Gasteiger partial charge in [0.15, 0.2) is 5.16 Å². The summed E-state index contributed by atoms with van der Waals surface area (Å²) in [5.41, 5.74) is 2.12. The molecule has 0 aliphatic heterocycles. The van der Waals surface area contributed by atoms with Crippen LogP contribution >= 0.6 is 11.8 Å². The highest BCUT2D eigenvalue weighted by Gasteiger charge is 2.27. The van der Waals surface area contributed by atoms with Crippen LogP contribution in [0.5, 0.6) is 0 Å². The molecule has 0 bridgehead atoms. The maximum absolute atomic E-state index is 13.3. The summed E-state index contributed by atoms with van der Waals surface area (Å²) in [6.45, 7) is 0.533. The topological polar surface area (TPSA) is 96.0 Å². The molecule has 1 N–H and O–H groups in total. The third kappa shape index (κ3) is 4.64. The maximum Gasteiger partial charge on any atom is 0.306 e. The fraction of sp³-hybridized carbons (Fsp3) is 0.333. The molecule has 6 nitrogen and oxygen atoms in total. The van der Waals surface area contributed by atoms with E-state index >= 15 is 0 Å². The predicted molar refractivity (Wildman–Crippen MR) is 120 cm³/mol. The Kier molecular flexibility index (Phi) is 6.38. The molecule has 158 valence electrons. The molecule has 1 heterocycles. The molecule has 1 fully saturated rings. The van der Waals surface area contributed by atoms with Gasteiger partial charge in [-0.25, -0.2) is 4.98 Å². The normalized spacial score (nSPS) is 18.5. The van der Waals surface area contributed by atoms with E-state index in [-0.39, 0.29) is 17.4 Å². The largest absolute Gasteiger partial charge is 0.481 e. The summed E-state index contributed by atoms with van der Waals surface area (Å²) >= 11 is 1.46. The second-order valence-corrected chi connectivity index (χ2v) is 8.88. The van der Waals surface area contributed by atoms with Gasteiger partial charge in [0.2, 0.25) is 0 Å². The van der Waals surface area contributed by atoms with E-state index < -0.39 is 5.97 Å². The monoisotopic (exact) mass is 433 g/mol. The first-order valence-electron chi connectivity index (χ1n) is 10.4. The number of hydrogen-bond donors (Lipinski definition) is 1. The van der Waals surface area contributed by atoms with Crippen LogP contribution in [0, 0.1) is 23.2 Å². The molecule has 0 radical (unpaired) electrons. The molecular weight excluding hydrogens is 410 g/mol. The molecule has 7 heteroatoms. The van der Waals surface area contributed by atoms with Crippen molar-refractivity contribution in [2.24, 2.45) is 11.8 Å². The molecule has 0 amide bonds. The van der Waals surface area contributed by atoms with Crippen LogP contribution < -0.4 is 5.56 Å². The molecule has 1 saturated carbocycles. The Labute approximate surface area is 184 Å². The molecule has 31 heavy (non-hydrogen) atoms. The number of carbonyl (C=O) groups is 1. The minimum atomic E-state index is -0.726. The molecule has 0 atom stereocenters. The molecule has 4 rings (SSSR count). The zero-order valence-corrected chi connectivity index (χ0v) is 17.8. The lowest BCUT2D eigenvalue weighted by molar-refractivity contribution is -0.143. The number of nitriles is 1. The molecule has 1 aliphatic rings. The van der Waals surface area contributed by atoms with Crippen molar-refractivity contribution in [1.29, 1.82) is 5.26 Å². The minimum absolute atomic E-state index is 0.0676. The Morgan fingerprint density at radius 2 is 1.84 bits per heavy atom. The van der Waals surface area contributed by atoms with Crippen LogP contribution in [0.15, 0.2) is 58.5 Å². The lowest BCUT2D eigenvalue weighted by Crippen LogP contribution is -2.30. The van der Waals surface area contributed by atoms with Crippen molar-refractivity contribution in [2.75, 3.05) is 0 Å². The van der Waals surface area contributed by atoms with Crippen LogP contribution in [-0.4, -0.2) is 20.6 Å². The van der Waals surface area contributed by atoms with Crippen LogP contribution in [0.4, 0.5) is 0 Å². The third-order valence-corrected chi connectivity index (χ3v) is 6.98. The van der Waals surface area contributed by atoms with E-state index in [1.54, 1.807) is 16.7 Å². The molecular formula is C24H23N3O3S. The smallest absolute Gasteiger partial charge is 0.306 e. The van der Waals surface area contributed by atoms with Crippen molar-refractivity contribution < 1.29 is 9.90 Å². The molecule has 0 unspecified atom stereocenters. The number of thioether (sulfide) groups is 1. The van der Waals surface area contributed by atoms with Gasteiger partial charge in [0.05, 0.1) is 28.5 Å². The third-order valence-electron chi connectivity index (χ3n) is 5.96. The second-order valence-electron chi connectivity index (χ2n) is 7.94. The Balaban J connectivity index is 1.63.